The van der Waals surface area contributed by atoms with Crippen molar-refractivity contribution in [1.82, 2.24) is 4.90 Å². The molecule has 1 heterocycles. The normalized spacial score (nSPS) is 13.9. The second-order valence-electron chi connectivity index (χ2n) is 6.24. The molecule has 1 fully saturated rings. The highest BCUT2D eigenvalue weighted by molar-refractivity contribution is 6.05. The summed E-state index contributed by atoms with van der Waals surface area (Å²) < 4.78 is 5.37. The molecule has 0 bridgehead atoms. The van der Waals surface area contributed by atoms with E-state index in [4.69, 9.17) is 4.74 Å². The fourth-order valence-electron chi connectivity index (χ4n) is 3.22. The van der Waals surface area contributed by atoms with Crippen molar-refractivity contribution >= 4 is 23.3 Å². The molecular weight excluding hydrogens is 366 g/mol. The number of rotatable bonds is 5. The number of hydrogen-bond acceptors (Lipinski definition) is 6. The van der Waals surface area contributed by atoms with Gasteiger partial charge in [0.1, 0.15) is 5.75 Å². The average Bonchev–Trinajstić information content (AvgIpc) is 2.72. The molecule has 28 heavy (non-hydrogen) atoms. The Kier molecular flexibility index (Phi) is 5.44. The highest BCUT2D eigenvalue weighted by Gasteiger charge is 2.28. The number of para-hydroxylation sites is 2. The van der Waals surface area contributed by atoms with Crippen molar-refractivity contribution in [3.8, 4) is 5.75 Å². The highest BCUT2D eigenvalue weighted by atomic mass is 16.6. The largest absolute Gasteiger partial charge is 0.495 e. The Labute approximate surface area is 160 Å². The quantitative estimate of drug-likeness (QED) is 0.620. The average molecular weight is 385 g/mol. The number of methoxy groups -OCH3 is 1. The minimum Gasteiger partial charge on any atom is -0.495 e. The van der Waals surface area contributed by atoms with E-state index in [0.717, 1.165) is 29.6 Å². The lowest BCUT2D eigenvalue weighted by Crippen LogP contribution is -2.49. The lowest BCUT2D eigenvalue weighted by Gasteiger charge is -2.36. The van der Waals surface area contributed by atoms with Gasteiger partial charge in [0.05, 0.1) is 28.8 Å². The standard InChI is InChI=1S/C19H19N3O6/c1-28-17-5-3-2-4-16(17)20-8-10-21(11-9-20)18(23)15-12-13(22(26)27)6-7-14(15)19(24)25/h2-7,12H,8-11H2,1H3,(H,24,25). The minimum absolute atomic E-state index is 0.174. The van der Waals surface area contributed by atoms with Crippen molar-refractivity contribution in [3.63, 3.8) is 0 Å². The smallest absolute Gasteiger partial charge is 0.336 e. The van der Waals surface area contributed by atoms with Gasteiger partial charge in [-0.05, 0) is 18.2 Å². The topological polar surface area (TPSA) is 113 Å². The summed E-state index contributed by atoms with van der Waals surface area (Å²) in [6.07, 6.45) is 0. The predicted molar refractivity (Wildman–Crippen MR) is 101 cm³/mol. The van der Waals surface area contributed by atoms with Crippen LogP contribution >= 0.6 is 0 Å². The molecule has 0 aromatic heterocycles. The van der Waals surface area contributed by atoms with Crippen molar-refractivity contribution in [2.45, 2.75) is 0 Å². The van der Waals surface area contributed by atoms with Crippen LogP contribution in [0, 0.1) is 10.1 Å². The van der Waals surface area contributed by atoms with Gasteiger partial charge in [0.25, 0.3) is 11.6 Å². The number of ether oxygens (including phenoxy) is 1. The number of carbonyl (C=O) groups excluding carboxylic acids is 1. The van der Waals surface area contributed by atoms with Crippen molar-refractivity contribution in [3.05, 3.63) is 63.7 Å². The fourth-order valence-corrected chi connectivity index (χ4v) is 3.22. The van der Waals surface area contributed by atoms with Gasteiger partial charge in [-0.15, -0.1) is 0 Å². The van der Waals surface area contributed by atoms with E-state index in [0.29, 0.717) is 26.2 Å². The zero-order valence-corrected chi connectivity index (χ0v) is 15.2. The van der Waals surface area contributed by atoms with Crippen LogP contribution in [-0.4, -0.2) is 60.1 Å². The van der Waals surface area contributed by atoms with Crippen LogP contribution < -0.4 is 9.64 Å². The van der Waals surface area contributed by atoms with Gasteiger partial charge in [-0.1, -0.05) is 12.1 Å². The fraction of sp³-hybridized carbons (Fsp3) is 0.263. The van der Waals surface area contributed by atoms with Gasteiger partial charge in [0.15, 0.2) is 0 Å². The van der Waals surface area contributed by atoms with Gasteiger partial charge in [0, 0.05) is 38.3 Å². The molecule has 9 heteroatoms. The Hall–Kier alpha value is -3.62. The molecule has 1 saturated heterocycles. The van der Waals surface area contributed by atoms with E-state index in [1.807, 2.05) is 24.3 Å². The second kappa shape index (κ2) is 7.95. The van der Waals surface area contributed by atoms with E-state index >= 15 is 0 Å². The summed E-state index contributed by atoms with van der Waals surface area (Å²) in [4.78, 5) is 38.2. The maximum atomic E-state index is 12.9. The molecule has 0 aliphatic carbocycles. The third-order valence-corrected chi connectivity index (χ3v) is 4.67. The van der Waals surface area contributed by atoms with Crippen LogP contribution in [-0.2, 0) is 0 Å². The van der Waals surface area contributed by atoms with Gasteiger partial charge in [-0.3, -0.25) is 14.9 Å². The molecule has 1 aliphatic rings. The van der Waals surface area contributed by atoms with Crippen molar-refractivity contribution in [2.75, 3.05) is 38.2 Å². The molecule has 1 N–H and O–H groups in total. The summed E-state index contributed by atoms with van der Waals surface area (Å²) in [5, 5.41) is 20.3. The van der Waals surface area contributed by atoms with Crippen LogP contribution in [0.15, 0.2) is 42.5 Å². The predicted octanol–water partition coefficient (Wildman–Crippen LogP) is 2.26. The number of nitro groups is 1. The molecule has 1 amide bonds. The molecule has 0 saturated carbocycles. The SMILES string of the molecule is COc1ccccc1N1CCN(C(=O)c2cc([N+](=O)[O-])ccc2C(=O)O)CC1. The van der Waals surface area contributed by atoms with E-state index in [1.54, 1.807) is 7.11 Å². The molecule has 3 rings (SSSR count). The maximum absolute atomic E-state index is 12.9. The van der Waals surface area contributed by atoms with Crippen LogP contribution in [0.3, 0.4) is 0 Å². The second-order valence-corrected chi connectivity index (χ2v) is 6.24. The summed E-state index contributed by atoms with van der Waals surface area (Å²) in [6, 6.07) is 10.8. The third-order valence-electron chi connectivity index (χ3n) is 4.67. The first-order valence-electron chi connectivity index (χ1n) is 8.61. The number of nitro benzene ring substituents is 1. The summed E-state index contributed by atoms with van der Waals surface area (Å²) in [6.45, 7) is 1.78. The molecule has 1 aliphatic heterocycles. The molecule has 2 aromatic rings. The number of carboxylic acid groups (broad SMARTS) is 1. The molecule has 2 aromatic carbocycles. The Balaban J connectivity index is 1.79. The molecular formula is C19H19N3O6. The lowest BCUT2D eigenvalue weighted by atomic mass is 10.0. The number of anilines is 1. The molecule has 9 nitrogen and oxygen atoms in total. The van der Waals surface area contributed by atoms with E-state index in [1.165, 1.54) is 4.90 Å². The van der Waals surface area contributed by atoms with Gasteiger partial charge >= 0.3 is 5.97 Å². The number of piperazine rings is 1. The van der Waals surface area contributed by atoms with Gasteiger partial charge in [-0.25, -0.2) is 4.79 Å². The van der Waals surface area contributed by atoms with Crippen LogP contribution in [0.2, 0.25) is 0 Å². The van der Waals surface area contributed by atoms with Crippen molar-refractivity contribution in [1.29, 1.82) is 0 Å². The summed E-state index contributed by atoms with van der Waals surface area (Å²) in [5.74, 6) is -1.10. The first kappa shape index (κ1) is 19.2. The molecule has 0 unspecified atom stereocenters. The molecule has 146 valence electrons. The van der Waals surface area contributed by atoms with Crippen LogP contribution in [0.1, 0.15) is 20.7 Å². The van der Waals surface area contributed by atoms with Gasteiger partial charge in [-0.2, -0.15) is 0 Å². The summed E-state index contributed by atoms with van der Waals surface area (Å²) in [7, 11) is 1.59. The van der Waals surface area contributed by atoms with Crippen LogP contribution in [0.4, 0.5) is 11.4 Å². The van der Waals surface area contributed by atoms with E-state index in [-0.39, 0.29) is 16.8 Å². The lowest BCUT2D eigenvalue weighted by molar-refractivity contribution is -0.384. The van der Waals surface area contributed by atoms with Crippen LogP contribution in [0.25, 0.3) is 0 Å². The van der Waals surface area contributed by atoms with Gasteiger partial charge in [0.2, 0.25) is 0 Å². The Morgan fingerprint density at radius 2 is 1.75 bits per heavy atom. The van der Waals surface area contributed by atoms with E-state index in [2.05, 4.69) is 4.90 Å². The third kappa shape index (κ3) is 3.73. The number of hydrogen-bond donors (Lipinski definition) is 1. The number of carbonyl (C=O) groups is 2. The van der Waals surface area contributed by atoms with Crippen LogP contribution in [0.5, 0.6) is 5.75 Å². The first-order chi connectivity index (χ1) is 13.4. The van der Waals surface area contributed by atoms with E-state index < -0.39 is 16.8 Å². The summed E-state index contributed by atoms with van der Waals surface area (Å²) in [5.41, 5.74) is 0.176. The van der Waals surface area contributed by atoms with Crippen molar-refractivity contribution in [2.24, 2.45) is 0 Å². The van der Waals surface area contributed by atoms with Crippen molar-refractivity contribution < 1.29 is 24.4 Å². The Morgan fingerprint density at radius 3 is 2.36 bits per heavy atom. The van der Waals surface area contributed by atoms with E-state index in [9.17, 15) is 24.8 Å². The number of benzene rings is 2. The first-order valence-corrected chi connectivity index (χ1v) is 8.61. The number of nitrogens with zero attached hydrogens (tertiary/aromatic N) is 3. The zero-order valence-electron chi connectivity index (χ0n) is 15.2. The number of non-ortho nitro benzene ring substituents is 1. The maximum Gasteiger partial charge on any atom is 0.336 e. The summed E-state index contributed by atoms with van der Waals surface area (Å²) >= 11 is 0. The van der Waals surface area contributed by atoms with Gasteiger partial charge < -0.3 is 19.6 Å². The molecule has 0 radical (unpaired) electrons. The number of carboxylic acids is 1. The number of amides is 1. The monoisotopic (exact) mass is 385 g/mol. The molecule has 0 spiro atoms. The zero-order chi connectivity index (χ0) is 20.3. The minimum atomic E-state index is -1.30. The molecule has 0 atom stereocenters. The number of aromatic carboxylic acids is 1. The Bertz CT molecular complexity index is 922. The highest BCUT2D eigenvalue weighted by Crippen LogP contribution is 2.29. The Morgan fingerprint density at radius 1 is 1.07 bits per heavy atom.